The zero-order valence-corrected chi connectivity index (χ0v) is 16.6. The molecular weight excluding hydrogens is 401 g/mol. The van der Waals surface area contributed by atoms with Crippen molar-refractivity contribution in [3.05, 3.63) is 41.0 Å². The maximum atomic E-state index is 12.2. The minimum atomic E-state index is -3.62. The Balaban J connectivity index is 0.00000243. The van der Waals surface area contributed by atoms with E-state index >= 15 is 0 Å². The molecule has 1 aromatic heterocycles. The zero-order valence-electron chi connectivity index (χ0n) is 14.2. The van der Waals surface area contributed by atoms with Gasteiger partial charge in [-0.15, -0.1) is 12.4 Å². The first-order chi connectivity index (χ1) is 12.0. The van der Waals surface area contributed by atoms with Gasteiger partial charge in [0.25, 0.3) is 0 Å². The van der Waals surface area contributed by atoms with Crippen molar-refractivity contribution in [2.24, 2.45) is 0 Å². The fraction of sp³-hybridized carbons (Fsp3) is 0.467. The maximum Gasteiger partial charge on any atom is 0.240 e. The number of benzene rings is 1. The Morgan fingerprint density at radius 3 is 3.00 bits per heavy atom. The lowest BCUT2D eigenvalue weighted by Gasteiger charge is -2.30. The SMILES string of the molecule is CN1CCNCC1c1noc(CCNS(=O)(=O)c2cccc(Cl)c2)n1.Cl. The summed E-state index contributed by atoms with van der Waals surface area (Å²) in [5.41, 5.74) is 0. The highest BCUT2D eigenvalue weighted by Crippen LogP contribution is 2.18. The number of piperazine rings is 1. The second kappa shape index (κ2) is 9.12. The molecule has 3 rings (SSSR count). The maximum absolute atomic E-state index is 12.2. The van der Waals surface area contributed by atoms with Gasteiger partial charge >= 0.3 is 0 Å². The quantitative estimate of drug-likeness (QED) is 0.723. The summed E-state index contributed by atoms with van der Waals surface area (Å²) in [5.74, 6) is 1.02. The number of nitrogens with zero attached hydrogens (tertiary/aromatic N) is 3. The predicted molar refractivity (Wildman–Crippen MR) is 100 cm³/mol. The zero-order chi connectivity index (χ0) is 17.9. The van der Waals surface area contributed by atoms with Gasteiger partial charge in [-0.3, -0.25) is 4.90 Å². The highest BCUT2D eigenvalue weighted by molar-refractivity contribution is 7.89. The van der Waals surface area contributed by atoms with Crippen molar-refractivity contribution in [1.82, 2.24) is 25.1 Å². The first kappa shape index (κ1) is 21.1. The Labute approximate surface area is 163 Å². The van der Waals surface area contributed by atoms with Crippen molar-refractivity contribution in [2.75, 3.05) is 33.2 Å². The van der Waals surface area contributed by atoms with Crippen LogP contribution < -0.4 is 10.0 Å². The molecule has 11 heteroatoms. The Kier molecular flexibility index (Phi) is 7.39. The van der Waals surface area contributed by atoms with Crippen LogP contribution >= 0.6 is 24.0 Å². The Hall–Kier alpha value is -1.23. The van der Waals surface area contributed by atoms with Crippen LogP contribution in [0.3, 0.4) is 0 Å². The molecule has 0 aliphatic carbocycles. The van der Waals surface area contributed by atoms with E-state index < -0.39 is 10.0 Å². The van der Waals surface area contributed by atoms with Crippen LogP contribution in [-0.2, 0) is 16.4 Å². The third-order valence-electron chi connectivity index (χ3n) is 4.03. The normalized spacial score (nSPS) is 18.5. The molecule has 1 aliphatic rings. The van der Waals surface area contributed by atoms with Crippen molar-refractivity contribution in [3.63, 3.8) is 0 Å². The van der Waals surface area contributed by atoms with Gasteiger partial charge in [-0.05, 0) is 25.2 Å². The number of rotatable bonds is 6. The molecule has 2 aromatic rings. The van der Waals surface area contributed by atoms with E-state index in [2.05, 4.69) is 25.1 Å². The molecule has 1 atom stereocenters. The minimum absolute atomic E-state index is 0. The Morgan fingerprint density at radius 2 is 2.27 bits per heavy atom. The van der Waals surface area contributed by atoms with Crippen LogP contribution in [-0.4, -0.2) is 56.7 Å². The van der Waals surface area contributed by atoms with E-state index in [1.165, 1.54) is 12.1 Å². The summed E-state index contributed by atoms with van der Waals surface area (Å²) in [6.07, 6.45) is 0.316. The smallest absolute Gasteiger partial charge is 0.240 e. The number of sulfonamides is 1. The summed E-state index contributed by atoms with van der Waals surface area (Å²) in [6.45, 7) is 2.77. The van der Waals surface area contributed by atoms with Crippen LogP contribution in [0.5, 0.6) is 0 Å². The summed E-state index contributed by atoms with van der Waals surface area (Å²) in [4.78, 5) is 6.66. The molecule has 0 radical (unpaired) electrons. The molecule has 8 nitrogen and oxygen atoms in total. The number of nitrogens with one attached hydrogen (secondary N) is 2. The molecule has 1 unspecified atom stereocenters. The molecule has 144 valence electrons. The number of likely N-dealkylation sites (N-methyl/N-ethyl adjacent to an activating group) is 1. The number of hydrogen-bond donors (Lipinski definition) is 2. The summed E-state index contributed by atoms with van der Waals surface area (Å²) in [7, 11) is -1.60. The van der Waals surface area contributed by atoms with Gasteiger partial charge in [-0.2, -0.15) is 4.98 Å². The van der Waals surface area contributed by atoms with Crippen molar-refractivity contribution in [2.45, 2.75) is 17.4 Å². The van der Waals surface area contributed by atoms with Gasteiger partial charge in [0.15, 0.2) is 5.82 Å². The standard InChI is InChI=1S/C15H20ClN5O3S.ClH/c1-21-8-7-17-10-13(21)15-19-14(24-20-15)5-6-18-25(22,23)12-4-2-3-11(16)9-12;/h2-4,9,13,17-18H,5-8,10H2,1H3;1H. The molecular formula is C15H21Cl2N5O3S. The lowest BCUT2D eigenvalue weighted by molar-refractivity contribution is 0.190. The van der Waals surface area contributed by atoms with Crippen molar-refractivity contribution < 1.29 is 12.9 Å². The third kappa shape index (κ3) is 5.15. The van der Waals surface area contributed by atoms with Crippen LogP contribution in [0.1, 0.15) is 17.8 Å². The largest absolute Gasteiger partial charge is 0.339 e. The first-order valence-corrected chi connectivity index (χ1v) is 9.80. The van der Waals surface area contributed by atoms with Crippen LogP contribution in [0.2, 0.25) is 5.02 Å². The van der Waals surface area contributed by atoms with Crippen molar-refractivity contribution in [3.8, 4) is 0 Å². The Morgan fingerprint density at radius 1 is 1.46 bits per heavy atom. The molecule has 1 fully saturated rings. The van der Waals surface area contributed by atoms with E-state index in [1.807, 2.05) is 7.05 Å². The number of halogens is 2. The third-order valence-corrected chi connectivity index (χ3v) is 5.72. The lowest BCUT2D eigenvalue weighted by atomic mass is 10.2. The topological polar surface area (TPSA) is 100 Å². The number of aromatic nitrogens is 2. The van der Waals surface area contributed by atoms with Crippen LogP contribution in [0.25, 0.3) is 0 Å². The van der Waals surface area contributed by atoms with E-state index in [-0.39, 0.29) is 29.9 Å². The molecule has 0 spiro atoms. The molecule has 26 heavy (non-hydrogen) atoms. The molecule has 2 heterocycles. The average molecular weight is 422 g/mol. The van der Waals surface area contributed by atoms with Gasteiger partial charge in [0.1, 0.15) is 0 Å². The summed E-state index contributed by atoms with van der Waals surface area (Å²) >= 11 is 5.83. The molecule has 0 amide bonds. The Bertz CT molecular complexity index is 830. The number of hydrogen-bond acceptors (Lipinski definition) is 7. The summed E-state index contributed by atoms with van der Waals surface area (Å²) in [6, 6.07) is 6.17. The van der Waals surface area contributed by atoms with Gasteiger partial charge in [-0.25, -0.2) is 13.1 Å². The van der Waals surface area contributed by atoms with Crippen molar-refractivity contribution in [1.29, 1.82) is 0 Å². The predicted octanol–water partition coefficient (Wildman–Crippen LogP) is 1.24. The highest BCUT2D eigenvalue weighted by Gasteiger charge is 2.25. The molecule has 0 bridgehead atoms. The van der Waals surface area contributed by atoms with E-state index in [0.29, 0.717) is 23.2 Å². The van der Waals surface area contributed by atoms with Crippen LogP contribution in [0.15, 0.2) is 33.7 Å². The van der Waals surface area contributed by atoms with Crippen LogP contribution in [0.4, 0.5) is 0 Å². The van der Waals surface area contributed by atoms with E-state index in [9.17, 15) is 8.42 Å². The molecule has 2 N–H and O–H groups in total. The van der Waals surface area contributed by atoms with Crippen LogP contribution in [0, 0.1) is 0 Å². The van der Waals surface area contributed by atoms with E-state index in [4.69, 9.17) is 16.1 Å². The second-order valence-electron chi connectivity index (χ2n) is 5.85. The minimum Gasteiger partial charge on any atom is -0.339 e. The van der Waals surface area contributed by atoms with Gasteiger partial charge in [0.2, 0.25) is 15.9 Å². The van der Waals surface area contributed by atoms with Gasteiger partial charge in [-0.1, -0.05) is 22.8 Å². The van der Waals surface area contributed by atoms with E-state index in [1.54, 1.807) is 12.1 Å². The van der Waals surface area contributed by atoms with Gasteiger partial charge in [0.05, 0.1) is 10.9 Å². The second-order valence-corrected chi connectivity index (χ2v) is 8.06. The average Bonchev–Trinajstić information content (AvgIpc) is 3.04. The van der Waals surface area contributed by atoms with Gasteiger partial charge in [0, 0.05) is 37.6 Å². The van der Waals surface area contributed by atoms with Crippen molar-refractivity contribution >= 4 is 34.0 Å². The molecule has 1 aliphatic heterocycles. The first-order valence-electron chi connectivity index (χ1n) is 7.94. The molecule has 1 saturated heterocycles. The molecule has 1 aromatic carbocycles. The highest BCUT2D eigenvalue weighted by atomic mass is 35.5. The monoisotopic (exact) mass is 421 g/mol. The fourth-order valence-electron chi connectivity index (χ4n) is 2.61. The van der Waals surface area contributed by atoms with E-state index in [0.717, 1.165) is 19.6 Å². The summed E-state index contributed by atoms with van der Waals surface area (Å²) < 4.78 is 32.2. The molecule has 0 saturated carbocycles. The lowest BCUT2D eigenvalue weighted by Crippen LogP contribution is -2.44. The fourth-order valence-corrected chi connectivity index (χ4v) is 3.94. The van der Waals surface area contributed by atoms with Gasteiger partial charge < -0.3 is 9.84 Å². The summed E-state index contributed by atoms with van der Waals surface area (Å²) in [5, 5.41) is 7.68.